The molecule has 1 aromatic heterocycles. The van der Waals surface area contributed by atoms with Gasteiger partial charge in [-0.3, -0.25) is 4.79 Å². The Balaban J connectivity index is 1.62. The second-order valence-electron chi connectivity index (χ2n) is 6.09. The third-order valence-corrected chi connectivity index (χ3v) is 5.03. The van der Waals surface area contributed by atoms with Crippen molar-refractivity contribution in [3.8, 4) is 11.5 Å². The lowest BCUT2D eigenvalue weighted by Crippen LogP contribution is -2.15. The van der Waals surface area contributed by atoms with Crippen LogP contribution in [0.1, 0.15) is 31.7 Å². The maximum atomic E-state index is 13.8. The van der Waals surface area contributed by atoms with Crippen LogP contribution in [0.3, 0.4) is 0 Å². The van der Waals surface area contributed by atoms with Gasteiger partial charge in [-0.15, -0.1) is 10.2 Å². The second-order valence-corrected chi connectivity index (χ2v) is 7.01. The number of nitrogens with zero attached hydrogens (tertiary/aromatic N) is 2. The molecule has 0 aliphatic rings. The summed E-state index contributed by atoms with van der Waals surface area (Å²) in [5, 5.41) is 10.9. The lowest BCUT2D eigenvalue weighted by Gasteiger charge is -2.15. The van der Waals surface area contributed by atoms with Gasteiger partial charge in [0.05, 0.1) is 11.3 Å². The molecule has 0 spiro atoms. The standard InChI is InChI=1S/C20H20FN3O2S/c1-3-13(2)14-8-5-7-11-17(14)22-18(25)12-27-20-24-23-19(26-20)15-9-4-6-10-16(15)21/h4-11,13H,3,12H2,1-2H3,(H,22,25)/t13-/m0/s1. The number of para-hydroxylation sites is 1. The molecular weight excluding hydrogens is 365 g/mol. The first-order valence-electron chi connectivity index (χ1n) is 8.68. The number of benzene rings is 2. The maximum Gasteiger partial charge on any atom is 0.277 e. The largest absolute Gasteiger partial charge is 0.411 e. The Morgan fingerprint density at radius 3 is 2.70 bits per heavy atom. The molecule has 0 radical (unpaired) electrons. The molecule has 1 heterocycles. The van der Waals surface area contributed by atoms with Gasteiger partial charge in [0, 0.05) is 5.69 Å². The summed E-state index contributed by atoms with van der Waals surface area (Å²) in [6, 6.07) is 14.0. The van der Waals surface area contributed by atoms with E-state index in [1.165, 1.54) is 6.07 Å². The van der Waals surface area contributed by atoms with Gasteiger partial charge in [0.25, 0.3) is 11.1 Å². The average molecular weight is 385 g/mol. The van der Waals surface area contributed by atoms with E-state index >= 15 is 0 Å². The average Bonchev–Trinajstić information content (AvgIpc) is 3.15. The van der Waals surface area contributed by atoms with E-state index in [1.54, 1.807) is 18.2 Å². The monoisotopic (exact) mass is 385 g/mol. The van der Waals surface area contributed by atoms with Gasteiger partial charge in [-0.05, 0) is 36.1 Å². The van der Waals surface area contributed by atoms with E-state index in [1.807, 2.05) is 24.3 Å². The molecule has 7 heteroatoms. The summed E-state index contributed by atoms with van der Waals surface area (Å²) in [6.07, 6.45) is 0.989. The van der Waals surface area contributed by atoms with E-state index in [0.29, 0.717) is 5.92 Å². The molecule has 1 N–H and O–H groups in total. The van der Waals surface area contributed by atoms with Crippen LogP contribution in [-0.4, -0.2) is 21.9 Å². The minimum atomic E-state index is -0.433. The van der Waals surface area contributed by atoms with E-state index < -0.39 is 5.82 Å². The number of hydrogen-bond acceptors (Lipinski definition) is 5. The smallest absolute Gasteiger partial charge is 0.277 e. The Morgan fingerprint density at radius 1 is 1.19 bits per heavy atom. The molecule has 1 amide bonds. The molecular formula is C20H20FN3O2S. The third-order valence-electron chi connectivity index (χ3n) is 4.22. The number of amides is 1. The zero-order valence-corrected chi connectivity index (χ0v) is 15.9. The van der Waals surface area contributed by atoms with Gasteiger partial charge in [0.2, 0.25) is 5.91 Å². The summed E-state index contributed by atoms with van der Waals surface area (Å²) in [5.74, 6) is -0.0293. The van der Waals surface area contributed by atoms with Gasteiger partial charge in [0.15, 0.2) is 0 Å². The molecule has 0 unspecified atom stereocenters. The topological polar surface area (TPSA) is 68.0 Å². The SMILES string of the molecule is CC[C@H](C)c1ccccc1NC(=O)CSc1nnc(-c2ccccc2F)o1. The lowest BCUT2D eigenvalue weighted by atomic mass is 9.97. The van der Waals surface area contributed by atoms with E-state index in [-0.39, 0.29) is 28.3 Å². The summed E-state index contributed by atoms with van der Waals surface area (Å²) in [4.78, 5) is 12.3. The molecule has 3 aromatic rings. The van der Waals surface area contributed by atoms with Gasteiger partial charge >= 0.3 is 0 Å². The summed E-state index contributed by atoms with van der Waals surface area (Å²) in [7, 11) is 0. The summed E-state index contributed by atoms with van der Waals surface area (Å²) in [5.41, 5.74) is 2.16. The number of aromatic nitrogens is 2. The molecule has 3 rings (SSSR count). The van der Waals surface area contributed by atoms with Gasteiger partial charge < -0.3 is 9.73 Å². The van der Waals surface area contributed by atoms with Crippen molar-refractivity contribution in [3.63, 3.8) is 0 Å². The number of rotatable bonds is 7. The molecule has 1 atom stereocenters. The third kappa shape index (κ3) is 4.74. The summed E-state index contributed by atoms with van der Waals surface area (Å²) < 4.78 is 19.2. The van der Waals surface area contributed by atoms with Crippen molar-refractivity contribution in [2.24, 2.45) is 0 Å². The van der Waals surface area contributed by atoms with E-state index in [2.05, 4.69) is 29.4 Å². The molecule has 0 saturated carbocycles. The first-order valence-corrected chi connectivity index (χ1v) is 9.67. The molecule has 0 saturated heterocycles. The molecule has 0 aliphatic heterocycles. The van der Waals surface area contributed by atoms with E-state index in [9.17, 15) is 9.18 Å². The zero-order chi connectivity index (χ0) is 19.2. The van der Waals surface area contributed by atoms with Gasteiger partial charge in [0.1, 0.15) is 5.82 Å². The van der Waals surface area contributed by atoms with Crippen molar-refractivity contribution in [3.05, 3.63) is 59.9 Å². The number of hydrogen-bond donors (Lipinski definition) is 1. The first kappa shape index (κ1) is 19.1. The highest BCUT2D eigenvalue weighted by Gasteiger charge is 2.15. The zero-order valence-electron chi connectivity index (χ0n) is 15.1. The fourth-order valence-electron chi connectivity index (χ4n) is 2.59. The first-order chi connectivity index (χ1) is 13.1. The van der Waals surface area contributed by atoms with Crippen LogP contribution in [0.15, 0.2) is 58.2 Å². The molecule has 0 aliphatic carbocycles. The number of thioether (sulfide) groups is 1. The number of nitrogens with one attached hydrogen (secondary N) is 1. The van der Waals surface area contributed by atoms with E-state index in [0.717, 1.165) is 29.4 Å². The van der Waals surface area contributed by atoms with E-state index in [4.69, 9.17) is 4.42 Å². The van der Waals surface area contributed by atoms with Crippen LogP contribution in [0, 0.1) is 5.82 Å². The van der Waals surface area contributed by atoms with Crippen molar-refractivity contribution in [1.29, 1.82) is 0 Å². The molecule has 140 valence electrons. The minimum absolute atomic E-state index is 0.0955. The van der Waals surface area contributed by atoms with Crippen molar-refractivity contribution in [1.82, 2.24) is 10.2 Å². The van der Waals surface area contributed by atoms with Gasteiger partial charge in [-0.2, -0.15) is 0 Å². The molecule has 0 bridgehead atoms. The Labute approximate surface area is 161 Å². The van der Waals surface area contributed by atoms with Crippen LogP contribution in [0.2, 0.25) is 0 Å². The van der Waals surface area contributed by atoms with Crippen molar-refractivity contribution >= 4 is 23.4 Å². The number of anilines is 1. The van der Waals surface area contributed by atoms with Crippen LogP contribution < -0.4 is 5.32 Å². The molecule has 2 aromatic carbocycles. The fraction of sp³-hybridized carbons (Fsp3) is 0.250. The minimum Gasteiger partial charge on any atom is -0.411 e. The van der Waals surface area contributed by atoms with Crippen molar-refractivity contribution < 1.29 is 13.6 Å². The van der Waals surface area contributed by atoms with Crippen LogP contribution >= 0.6 is 11.8 Å². The Hall–Kier alpha value is -2.67. The maximum absolute atomic E-state index is 13.8. The molecule has 5 nitrogen and oxygen atoms in total. The highest BCUT2D eigenvalue weighted by molar-refractivity contribution is 7.99. The van der Waals surface area contributed by atoms with Crippen LogP contribution in [0.5, 0.6) is 0 Å². The second kappa shape index (κ2) is 8.81. The number of carbonyl (C=O) groups excluding carboxylic acids is 1. The summed E-state index contributed by atoms with van der Waals surface area (Å²) in [6.45, 7) is 4.24. The predicted octanol–water partition coefficient (Wildman–Crippen LogP) is 5.12. The summed E-state index contributed by atoms with van der Waals surface area (Å²) >= 11 is 1.11. The highest BCUT2D eigenvalue weighted by atomic mass is 32.2. The highest BCUT2D eigenvalue weighted by Crippen LogP contribution is 2.28. The van der Waals surface area contributed by atoms with Crippen molar-refractivity contribution in [2.75, 3.05) is 11.1 Å². The van der Waals surface area contributed by atoms with Crippen molar-refractivity contribution in [2.45, 2.75) is 31.4 Å². The van der Waals surface area contributed by atoms with Crippen LogP contribution in [0.25, 0.3) is 11.5 Å². The number of halogens is 1. The normalized spacial score (nSPS) is 12.0. The van der Waals surface area contributed by atoms with Gasteiger partial charge in [-0.1, -0.05) is 55.9 Å². The Kier molecular flexibility index (Phi) is 6.24. The quantitative estimate of drug-likeness (QED) is 0.572. The Bertz CT molecular complexity index is 929. The lowest BCUT2D eigenvalue weighted by molar-refractivity contribution is -0.113. The number of carbonyl (C=O) groups is 1. The fourth-order valence-corrected chi connectivity index (χ4v) is 3.15. The van der Waals surface area contributed by atoms with Gasteiger partial charge in [-0.25, -0.2) is 4.39 Å². The molecule has 0 fully saturated rings. The predicted molar refractivity (Wildman–Crippen MR) is 104 cm³/mol. The van der Waals surface area contributed by atoms with Crippen LogP contribution in [-0.2, 0) is 4.79 Å². The molecule has 27 heavy (non-hydrogen) atoms. The van der Waals surface area contributed by atoms with Crippen LogP contribution in [0.4, 0.5) is 10.1 Å². The Morgan fingerprint density at radius 2 is 1.93 bits per heavy atom.